The third kappa shape index (κ3) is 2.22. The first kappa shape index (κ1) is 9.87. The van der Waals surface area contributed by atoms with E-state index in [2.05, 4.69) is 4.98 Å². The maximum absolute atomic E-state index is 10.7. The van der Waals surface area contributed by atoms with Crippen molar-refractivity contribution in [1.29, 1.82) is 0 Å². The van der Waals surface area contributed by atoms with Crippen molar-refractivity contribution in [2.75, 3.05) is 0 Å². The molecule has 0 aliphatic carbocycles. The Morgan fingerprint density at radius 2 is 1.87 bits per heavy atom. The number of aromatic nitrogens is 1. The molecule has 0 amide bonds. The summed E-state index contributed by atoms with van der Waals surface area (Å²) in [5, 5.41) is 10.7. The van der Waals surface area contributed by atoms with Crippen molar-refractivity contribution < 1.29 is 5.11 Å². The lowest BCUT2D eigenvalue weighted by atomic mass is 10.1. The summed E-state index contributed by atoms with van der Waals surface area (Å²) in [5.74, 6) is 0. The molecule has 1 heterocycles. The molecule has 76 valence electrons. The minimum Gasteiger partial charge on any atom is -0.851 e. The summed E-state index contributed by atoms with van der Waals surface area (Å²) in [6.45, 7) is 1.85. The Labute approximate surface area is 89.2 Å². The summed E-state index contributed by atoms with van der Waals surface area (Å²) in [6.07, 6.45) is 1.68. The normalized spacial score (nSPS) is 10.3. The van der Waals surface area contributed by atoms with Crippen LogP contribution >= 0.6 is 0 Å². The van der Waals surface area contributed by atoms with Crippen LogP contribution in [0.2, 0.25) is 0 Å². The van der Waals surface area contributed by atoms with Gasteiger partial charge in [-0.15, -0.1) is 6.61 Å². The third-order valence-electron chi connectivity index (χ3n) is 2.34. The highest BCUT2D eigenvalue weighted by Gasteiger charge is 1.98. The molecule has 0 unspecified atom stereocenters. The van der Waals surface area contributed by atoms with Gasteiger partial charge in [0.05, 0.1) is 5.69 Å². The number of pyridine rings is 1. The van der Waals surface area contributed by atoms with E-state index in [1.807, 2.05) is 37.3 Å². The zero-order valence-electron chi connectivity index (χ0n) is 8.60. The number of nitrogens with zero attached hydrogens (tertiary/aromatic N) is 1. The molecule has 0 fully saturated rings. The second kappa shape index (κ2) is 4.24. The fraction of sp³-hybridized carbons (Fsp3) is 0.154. The molecule has 2 nitrogen and oxygen atoms in total. The maximum atomic E-state index is 10.7. The fourth-order valence-corrected chi connectivity index (χ4v) is 1.45. The molecule has 0 saturated heterocycles. The topological polar surface area (TPSA) is 36.0 Å². The standard InChI is InChI=1S/C13H12NO/c1-10-2-4-12(5-3-10)13-8-11(9-15)6-7-14-13/h2-8H,9H2,1H3/q-1. The molecule has 0 atom stereocenters. The van der Waals surface area contributed by atoms with Crippen molar-refractivity contribution in [2.45, 2.75) is 13.5 Å². The Kier molecular flexibility index (Phi) is 2.79. The minimum absolute atomic E-state index is 0.193. The van der Waals surface area contributed by atoms with Gasteiger partial charge in [-0.05, 0) is 19.1 Å². The molecular weight excluding hydrogens is 186 g/mol. The molecule has 0 bridgehead atoms. The van der Waals surface area contributed by atoms with Gasteiger partial charge in [0.1, 0.15) is 0 Å². The second-order valence-corrected chi connectivity index (χ2v) is 3.56. The highest BCUT2D eigenvalue weighted by molar-refractivity contribution is 5.59. The van der Waals surface area contributed by atoms with Gasteiger partial charge in [0, 0.05) is 11.8 Å². The number of hydrogen-bond acceptors (Lipinski definition) is 2. The van der Waals surface area contributed by atoms with Crippen molar-refractivity contribution >= 4 is 0 Å². The third-order valence-corrected chi connectivity index (χ3v) is 2.34. The summed E-state index contributed by atoms with van der Waals surface area (Å²) >= 11 is 0. The highest BCUT2D eigenvalue weighted by atomic mass is 16.3. The van der Waals surface area contributed by atoms with E-state index in [0.717, 1.165) is 16.8 Å². The van der Waals surface area contributed by atoms with Crippen LogP contribution in [0.4, 0.5) is 0 Å². The molecule has 2 heteroatoms. The number of aryl methyl sites for hydroxylation is 1. The van der Waals surface area contributed by atoms with Gasteiger partial charge in [0.25, 0.3) is 0 Å². The predicted octanol–water partition coefficient (Wildman–Crippen LogP) is 1.92. The van der Waals surface area contributed by atoms with Gasteiger partial charge < -0.3 is 5.11 Å². The van der Waals surface area contributed by atoms with E-state index in [4.69, 9.17) is 0 Å². The Bertz CT molecular complexity index is 448. The Morgan fingerprint density at radius 3 is 2.53 bits per heavy atom. The molecular formula is C13H12NO-. The van der Waals surface area contributed by atoms with Crippen LogP contribution < -0.4 is 5.11 Å². The zero-order valence-corrected chi connectivity index (χ0v) is 8.60. The molecule has 2 aromatic rings. The van der Waals surface area contributed by atoms with E-state index in [0.29, 0.717) is 0 Å². The van der Waals surface area contributed by atoms with Crippen LogP contribution in [0, 0.1) is 6.92 Å². The molecule has 0 aliphatic rings. The minimum atomic E-state index is -0.193. The predicted molar refractivity (Wildman–Crippen MR) is 58.1 cm³/mol. The number of rotatable bonds is 2. The first-order valence-corrected chi connectivity index (χ1v) is 4.89. The zero-order chi connectivity index (χ0) is 10.7. The second-order valence-electron chi connectivity index (χ2n) is 3.56. The largest absolute Gasteiger partial charge is 0.851 e. The molecule has 0 aliphatic heterocycles. The van der Waals surface area contributed by atoms with E-state index in [1.165, 1.54) is 5.56 Å². The Morgan fingerprint density at radius 1 is 1.13 bits per heavy atom. The summed E-state index contributed by atoms with van der Waals surface area (Å²) in [6, 6.07) is 11.7. The molecule has 0 saturated carbocycles. The van der Waals surface area contributed by atoms with Crippen LogP contribution in [0.25, 0.3) is 11.3 Å². The van der Waals surface area contributed by atoms with Gasteiger partial charge in [-0.2, -0.15) is 0 Å². The quantitative estimate of drug-likeness (QED) is 0.739. The molecule has 1 aromatic heterocycles. The Balaban J connectivity index is 2.40. The van der Waals surface area contributed by atoms with Crippen LogP contribution in [-0.4, -0.2) is 4.98 Å². The van der Waals surface area contributed by atoms with E-state index in [9.17, 15) is 5.11 Å². The lowest BCUT2D eigenvalue weighted by Gasteiger charge is -2.06. The summed E-state index contributed by atoms with van der Waals surface area (Å²) in [4.78, 5) is 4.25. The monoisotopic (exact) mass is 198 g/mol. The maximum Gasteiger partial charge on any atom is 0.0704 e. The van der Waals surface area contributed by atoms with Crippen molar-refractivity contribution in [3.8, 4) is 11.3 Å². The van der Waals surface area contributed by atoms with Crippen molar-refractivity contribution in [1.82, 2.24) is 4.98 Å². The van der Waals surface area contributed by atoms with Crippen LogP contribution in [-0.2, 0) is 6.61 Å². The van der Waals surface area contributed by atoms with E-state index >= 15 is 0 Å². The van der Waals surface area contributed by atoms with Crippen LogP contribution in [0.15, 0.2) is 42.6 Å². The van der Waals surface area contributed by atoms with E-state index in [1.54, 1.807) is 12.3 Å². The summed E-state index contributed by atoms with van der Waals surface area (Å²) < 4.78 is 0. The smallest absolute Gasteiger partial charge is 0.0704 e. The van der Waals surface area contributed by atoms with E-state index < -0.39 is 0 Å². The Hall–Kier alpha value is -1.67. The molecule has 1 aromatic carbocycles. The fourth-order valence-electron chi connectivity index (χ4n) is 1.45. The van der Waals surface area contributed by atoms with Crippen LogP contribution in [0.3, 0.4) is 0 Å². The lowest BCUT2D eigenvalue weighted by Crippen LogP contribution is -2.02. The first-order valence-electron chi connectivity index (χ1n) is 4.89. The van der Waals surface area contributed by atoms with Gasteiger partial charge in [-0.25, -0.2) is 0 Å². The van der Waals surface area contributed by atoms with Gasteiger partial charge in [-0.3, -0.25) is 4.98 Å². The molecule has 0 spiro atoms. The van der Waals surface area contributed by atoms with Crippen molar-refractivity contribution in [3.05, 3.63) is 53.7 Å². The number of hydrogen-bond donors (Lipinski definition) is 0. The molecule has 2 rings (SSSR count). The van der Waals surface area contributed by atoms with Crippen LogP contribution in [0.1, 0.15) is 11.1 Å². The van der Waals surface area contributed by atoms with Gasteiger partial charge in [0.2, 0.25) is 0 Å². The average Bonchev–Trinajstić information content (AvgIpc) is 2.30. The highest BCUT2D eigenvalue weighted by Crippen LogP contribution is 2.17. The van der Waals surface area contributed by atoms with Gasteiger partial charge in [-0.1, -0.05) is 35.4 Å². The van der Waals surface area contributed by atoms with E-state index in [-0.39, 0.29) is 6.61 Å². The lowest BCUT2D eigenvalue weighted by molar-refractivity contribution is -0.386. The summed E-state index contributed by atoms with van der Waals surface area (Å²) in [7, 11) is 0. The van der Waals surface area contributed by atoms with Gasteiger partial charge in [0.15, 0.2) is 0 Å². The molecule has 0 radical (unpaired) electrons. The number of benzene rings is 1. The van der Waals surface area contributed by atoms with Crippen LogP contribution in [0.5, 0.6) is 0 Å². The molecule has 0 N–H and O–H groups in total. The SMILES string of the molecule is Cc1ccc(-c2cc(C[O-])ccn2)cc1. The average molecular weight is 198 g/mol. The first-order chi connectivity index (χ1) is 7.29. The van der Waals surface area contributed by atoms with Gasteiger partial charge >= 0.3 is 0 Å². The van der Waals surface area contributed by atoms with Crippen molar-refractivity contribution in [3.63, 3.8) is 0 Å². The van der Waals surface area contributed by atoms with Crippen molar-refractivity contribution in [2.24, 2.45) is 0 Å². The summed E-state index contributed by atoms with van der Waals surface area (Å²) in [5.41, 5.74) is 3.92. The molecule has 15 heavy (non-hydrogen) atoms.